The highest BCUT2D eigenvalue weighted by molar-refractivity contribution is 7.80. The van der Waals surface area contributed by atoms with Crippen molar-refractivity contribution in [2.75, 3.05) is 13.7 Å². The molecule has 6 nitrogen and oxygen atoms in total. The second kappa shape index (κ2) is 4.18. The van der Waals surface area contributed by atoms with Gasteiger partial charge in [-0.15, -0.1) is 0 Å². The zero-order chi connectivity index (χ0) is 11.0. The van der Waals surface area contributed by atoms with Crippen LogP contribution in [0.5, 0.6) is 0 Å². The molecule has 86 valence electrons. The Morgan fingerprint density at radius 2 is 2.20 bits per heavy atom. The van der Waals surface area contributed by atoms with Gasteiger partial charge in [-0.1, -0.05) is 0 Å². The van der Waals surface area contributed by atoms with Gasteiger partial charge in [-0.2, -0.15) is 0 Å². The normalized spacial score (nSPS) is 45.3. The van der Waals surface area contributed by atoms with Gasteiger partial charge in [0.05, 0.1) is 0 Å². The van der Waals surface area contributed by atoms with E-state index in [4.69, 9.17) is 26.4 Å². The van der Waals surface area contributed by atoms with E-state index in [9.17, 15) is 10.2 Å². The zero-order valence-corrected chi connectivity index (χ0v) is 8.94. The first kappa shape index (κ1) is 11.0. The Morgan fingerprint density at radius 3 is 2.87 bits per heavy atom. The Labute approximate surface area is 92.1 Å². The topological polar surface area (TPSA) is 80.2 Å². The minimum atomic E-state index is -1.13. The molecule has 2 aliphatic rings. The maximum Gasteiger partial charge on any atom is 0.257 e. The van der Waals surface area contributed by atoms with E-state index in [-0.39, 0.29) is 11.3 Å². The molecule has 7 heteroatoms. The third kappa shape index (κ3) is 1.93. The Morgan fingerprint density at radius 1 is 1.47 bits per heavy atom. The van der Waals surface area contributed by atoms with Crippen LogP contribution in [0.4, 0.5) is 0 Å². The predicted octanol–water partition coefficient (Wildman–Crippen LogP) is -1.65. The third-order valence-corrected chi connectivity index (χ3v) is 2.80. The molecular weight excluding hydrogens is 222 g/mol. The maximum absolute atomic E-state index is 9.77. The number of aliphatic hydroxyl groups excluding tert-OH is 2. The summed E-state index contributed by atoms with van der Waals surface area (Å²) in [5.74, 6) is 0. The summed E-state index contributed by atoms with van der Waals surface area (Å²) in [6, 6.07) is 0. The molecule has 3 N–H and O–H groups in total. The van der Waals surface area contributed by atoms with Crippen molar-refractivity contribution >= 4 is 17.4 Å². The standard InChI is InChI=1S/C8H13NO5S/c1-12-7-5(11)4(10)6-3(13-7)2-9-8(15)14-6/h3-7,10-11H,2H2,1H3,(H,9,15)/t3-,4-,5-,6-,7+/m1/s1. The van der Waals surface area contributed by atoms with Gasteiger partial charge in [0.25, 0.3) is 5.17 Å². The number of aliphatic hydroxyl groups is 2. The fourth-order valence-electron chi connectivity index (χ4n) is 1.76. The molecule has 0 aromatic carbocycles. The SMILES string of the molecule is CO[C@H]1O[C@@H]2CNC(=S)O[C@H]2[C@H](O)[C@H]1O. The lowest BCUT2D eigenvalue weighted by atomic mass is 9.98. The lowest BCUT2D eigenvalue weighted by Gasteiger charge is -2.44. The first-order valence-electron chi connectivity index (χ1n) is 4.62. The number of ether oxygens (including phenoxy) is 3. The zero-order valence-electron chi connectivity index (χ0n) is 8.12. The monoisotopic (exact) mass is 235 g/mol. The molecule has 2 heterocycles. The van der Waals surface area contributed by atoms with Crippen molar-refractivity contribution in [3.63, 3.8) is 0 Å². The number of hydrogen-bond donors (Lipinski definition) is 3. The van der Waals surface area contributed by atoms with Crippen molar-refractivity contribution in [3.8, 4) is 0 Å². The molecule has 2 saturated heterocycles. The van der Waals surface area contributed by atoms with E-state index < -0.39 is 24.6 Å². The summed E-state index contributed by atoms with van der Waals surface area (Å²) >= 11 is 4.81. The number of nitrogens with one attached hydrogen (secondary N) is 1. The van der Waals surface area contributed by atoms with E-state index in [0.717, 1.165) is 0 Å². The van der Waals surface area contributed by atoms with Crippen LogP contribution in [0.1, 0.15) is 0 Å². The van der Waals surface area contributed by atoms with Crippen LogP contribution < -0.4 is 5.32 Å². The number of hydrogen-bond acceptors (Lipinski definition) is 6. The highest BCUT2D eigenvalue weighted by atomic mass is 32.1. The smallest absolute Gasteiger partial charge is 0.257 e. The molecule has 15 heavy (non-hydrogen) atoms. The molecule has 0 spiro atoms. The van der Waals surface area contributed by atoms with Gasteiger partial charge in [0, 0.05) is 13.7 Å². The van der Waals surface area contributed by atoms with E-state index in [1.165, 1.54) is 7.11 Å². The van der Waals surface area contributed by atoms with Gasteiger partial charge in [-0.05, 0) is 12.2 Å². The van der Waals surface area contributed by atoms with E-state index >= 15 is 0 Å². The summed E-state index contributed by atoms with van der Waals surface area (Å²) < 4.78 is 15.5. The van der Waals surface area contributed by atoms with Crippen molar-refractivity contribution in [2.24, 2.45) is 0 Å². The molecule has 5 atom stereocenters. The minimum Gasteiger partial charge on any atom is -0.462 e. The van der Waals surface area contributed by atoms with Crippen LogP contribution in [0, 0.1) is 0 Å². The van der Waals surface area contributed by atoms with Crippen molar-refractivity contribution in [1.82, 2.24) is 5.32 Å². The third-order valence-electron chi connectivity index (χ3n) is 2.56. The van der Waals surface area contributed by atoms with Crippen LogP contribution in [0.3, 0.4) is 0 Å². The van der Waals surface area contributed by atoms with Crippen LogP contribution >= 0.6 is 12.2 Å². The van der Waals surface area contributed by atoms with Gasteiger partial charge in [0.2, 0.25) is 0 Å². The second-order valence-corrected chi connectivity index (χ2v) is 3.88. The summed E-state index contributed by atoms with van der Waals surface area (Å²) in [7, 11) is 1.41. The van der Waals surface area contributed by atoms with Gasteiger partial charge in [-0.3, -0.25) is 0 Å². The van der Waals surface area contributed by atoms with Gasteiger partial charge >= 0.3 is 0 Å². The fourth-order valence-corrected chi connectivity index (χ4v) is 1.95. The Hall–Kier alpha value is -0.470. The molecule has 0 bridgehead atoms. The largest absolute Gasteiger partial charge is 0.462 e. The summed E-state index contributed by atoms with van der Waals surface area (Å²) in [5, 5.41) is 22.4. The maximum atomic E-state index is 9.77. The summed E-state index contributed by atoms with van der Waals surface area (Å²) in [4.78, 5) is 0. The summed E-state index contributed by atoms with van der Waals surface area (Å²) in [6.45, 7) is 0.438. The van der Waals surface area contributed by atoms with Gasteiger partial charge in [0.1, 0.15) is 18.3 Å². The van der Waals surface area contributed by atoms with Crippen LogP contribution in [-0.4, -0.2) is 59.7 Å². The van der Waals surface area contributed by atoms with E-state index in [2.05, 4.69) is 5.32 Å². The fraction of sp³-hybridized carbons (Fsp3) is 0.875. The highest BCUT2D eigenvalue weighted by Crippen LogP contribution is 2.25. The number of thiocarbonyl (C=S) groups is 1. The molecule has 0 unspecified atom stereocenters. The molecule has 0 aromatic heterocycles. The molecule has 2 aliphatic heterocycles. The average molecular weight is 235 g/mol. The first-order valence-corrected chi connectivity index (χ1v) is 5.03. The molecular formula is C8H13NO5S. The minimum absolute atomic E-state index is 0.210. The first-order chi connectivity index (χ1) is 7.13. The molecule has 0 aliphatic carbocycles. The predicted molar refractivity (Wildman–Crippen MR) is 53.2 cm³/mol. The second-order valence-electron chi connectivity index (χ2n) is 3.51. The summed E-state index contributed by atoms with van der Waals surface area (Å²) in [6.07, 6.45) is -4.04. The van der Waals surface area contributed by atoms with Gasteiger partial charge < -0.3 is 29.7 Å². The lowest BCUT2D eigenvalue weighted by molar-refractivity contribution is -0.289. The van der Waals surface area contributed by atoms with Crippen molar-refractivity contribution < 1.29 is 24.4 Å². The van der Waals surface area contributed by atoms with Crippen LogP contribution in [0.25, 0.3) is 0 Å². The molecule has 0 radical (unpaired) electrons. The van der Waals surface area contributed by atoms with Crippen LogP contribution in [0.15, 0.2) is 0 Å². The Kier molecular flexibility index (Phi) is 3.08. The quantitative estimate of drug-likeness (QED) is 0.470. The lowest BCUT2D eigenvalue weighted by Crippen LogP contribution is -2.64. The van der Waals surface area contributed by atoms with Crippen LogP contribution in [-0.2, 0) is 14.2 Å². The highest BCUT2D eigenvalue weighted by Gasteiger charge is 2.48. The van der Waals surface area contributed by atoms with E-state index in [1.54, 1.807) is 0 Å². The van der Waals surface area contributed by atoms with Crippen molar-refractivity contribution in [3.05, 3.63) is 0 Å². The molecule has 2 rings (SSSR count). The Balaban J connectivity index is 2.11. The van der Waals surface area contributed by atoms with Crippen molar-refractivity contribution in [2.45, 2.75) is 30.7 Å². The Bertz CT molecular complexity index is 261. The van der Waals surface area contributed by atoms with Gasteiger partial charge in [-0.25, -0.2) is 0 Å². The molecule has 2 fully saturated rings. The average Bonchev–Trinajstić information content (AvgIpc) is 2.24. The van der Waals surface area contributed by atoms with E-state index in [1.807, 2.05) is 0 Å². The number of rotatable bonds is 1. The van der Waals surface area contributed by atoms with Crippen LogP contribution in [0.2, 0.25) is 0 Å². The molecule has 0 saturated carbocycles. The number of methoxy groups -OCH3 is 1. The number of fused-ring (bicyclic) bond motifs is 1. The summed E-state index contributed by atoms with van der Waals surface area (Å²) in [5.41, 5.74) is 0. The molecule has 0 aromatic rings. The van der Waals surface area contributed by atoms with Crippen molar-refractivity contribution in [1.29, 1.82) is 0 Å². The van der Waals surface area contributed by atoms with Gasteiger partial charge in [0.15, 0.2) is 12.4 Å². The van der Waals surface area contributed by atoms with E-state index in [0.29, 0.717) is 6.54 Å². The molecule has 0 amide bonds.